The van der Waals surface area contributed by atoms with Crippen LogP contribution in [0.4, 0.5) is 0 Å². The van der Waals surface area contributed by atoms with Gasteiger partial charge in [0.05, 0.1) is 12.6 Å². The molecule has 1 aliphatic heterocycles. The Morgan fingerprint density at radius 1 is 1.09 bits per heavy atom. The molecule has 4 saturated carbocycles. The maximum absolute atomic E-state index is 12.4. The van der Waals surface area contributed by atoms with E-state index in [0.717, 1.165) is 24.3 Å². The number of hydrogen-bond acceptors (Lipinski definition) is 1. The van der Waals surface area contributed by atoms with E-state index in [1.807, 2.05) is 0 Å². The molecule has 0 aromatic rings. The van der Waals surface area contributed by atoms with Crippen LogP contribution < -0.4 is 10.2 Å². The smallest absolute Gasteiger partial charge is 0.275 e. The molecule has 5 aliphatic rings. The fourth-order valence-corrected chi connectivity index (χ4v) is 6.58. The molecule has 2 atom stereocenters. The standard InChI is InChI=1S/C19H32N2O/c1-14-4-2-3-5-21(14)12-18(22)20-13-19-9-15-6-16(10-19)8-17(7-15)11-19/h14-17H,2-13H2,1H3,(H,20,22)/p+1/t14-,15?,16?,17?,19?/m1/s1. The zero-order valence-electron chi connectivity index (χ0n) is 14.2. The summed E-state index contributed by atoms with van der Waals surface area (Å²) < 4.78 is 0. The predicted molar refractivity (Wildman–Crippen MR) is 87.6 cm³/mol. The van der Waals surface area contributed by atoms with Crippen LogP contribution in [0.1, 0.15) is 64.7 Å². The minimum atomic E-state index is 0.305. The first-order valence-corrected chi connectivity index (χ1v) is 9.73. The predicted octanol–water partition coefficient (Wildman–Crippen LogP) is 1.78. The summed E-state index contributed by atoms with van der Waals surface area (Å²) in [5, 5.41) is 3.35. The van der Waals surface area contributed by atoms with Gasteiger partial charge in [0.25, 0.3) is 5.91 Å². The average molecular weight is 305 g/mol. The molecule has 22 heavy (non-hydrogen) atoms. The van der Waals surface area contributed by atoms with Crippen molar-refractivity contribution in [3.05, 3.63) is 0 Å². The first-order valence-electron chi connectivity index (χ1n) is 9.73. The van der Waals surface area contributed by atoms with Crippen molar-refractivity contribution in [3.8, 4) is 0 Å². The van der Waals surface area contributed by atoms with Crippen LogP contribution in [0.15, 0.2) is 0 Å². The van der Waals surface area contributed by atoms with Gasteiger partial charge in [-0.3, -0.25) is 4.79 Å². The highest BCUT2D eigenvalue weighted by atomic mass is 16.2. The topological polar surface area (TPSA) is 33.5 Å². The Labute approximate surface area is 135 Å². The van der Waals surface area contributed by atoms with Crippen molar-refractivity contribution in [1.82, 2.24) is 5.32 Å². The van der Waals surface area contributed by atoms with Crippen LogP contribution >= 0.6 is 0 Å². The van der Waals surface area contributed by atoms with Gasteiger partial charge in [-0.2, -0.15) is 0 Å². The van der Waals surface area contributed by atoms with Crippen LogP contribution in [0.25, 0.3) is 0 Å². The van der Waals surface area contributed by atoms with E-state index < -0.39 is 0 Å². The summed E-state index contributed by atoms with van der Waals surface area (Å²) in [6.07, 6.45) is 12.6. The fraction of sp³-hybridized carbons (Fsp3) is 0.947. The number of carbonyl (C=O) groups is 1. The molecule has 0 aromatic carbocycles. The zero-order chi connectivity index (χ0) is 15.2. The summed E-state index contributed by atoms with van der Waals surface area (Å²) in [6, 6.07) is 0.666. The molecular weight excluding hydrogens is 272 g/mol. The molecule has 1 unspecified atom stereocenters. The minimum absolute atomic E-state index is 0.305. The average Bonchev–Trinajstić information content (AvgIpc) is 2.46. The molecule has 3 nitrogen and oxygen atoms in total. The van der Waals surface area contributed by atoms with Crippen LogP contribution in [-0.2, 0) is 4.79 Å². The van der Waals surface area contributed by atoms with Gasteiger partial charge in [-0.25, -0.2) is 0 Å². The van der Waals surface area contributed by atoms with Crippen molar-refractivity contribution in [2.45, 2.75) is 70.8 Å². The van der Waals surface area contributed by atoms with E-state index in [1.54, 1.807) is 0 Å². The van der Waals surface area contributed by atoms with Gasteiger partial charge in [-0.05, 0) is 87.9 Å². The van der Waals surface area contributed by atoms with Gasteiger partial charge in [0.2, 0.25) is 0 Å². The maximum Gasteiger partial charge on any atom is 0.275 e. The van der Waals surface area contributed by atoms with Crippen molar-refractivity contribution >= 4 is 5.91 Å². The van der Waals surface area contributed by atoms with Gasteiger partial charge in [-0.1, -0.05) is 0 Å². The van der Waals surface area contributed by atoms with Gasteiger partial charge in [0.15, 0.2) is 6.54 Å². The Morgan fingerprint density at radius 2 is 1.73 bits per heavy atom. The molecule has 0 aromatic heterocycles. The van der Waals surface area contributed by atoms with Crippen LogP contribution in [0, 0.1) is 23.2 Å². The maximum atomic E-state index is 12.4. The molecule has 124 valence electrons. The number of piperidine rings is 1. The van der Waals surface area contributed by atoms with E-state index in [-0.39, 0.29) is 0 Å². The third-order valence-corrected chi connectivity index (χ3v) is 7.30. The molecule has 5 rings (SSSR count). The summed E-state index contributed by atoms with van der Waals surface area (Å²) in [5.41, 5.74) is 0.479. The Bertz CT molecular complexity index is 398. The molecule has 2 N–H and O–H groups in total. The highest BCUT2D eigenvalue weighted by molar-refractivity contribution is 5.76. The summed E-state index contributed by atoms with van der Waals surface area (Å²) in [6.45, 7) is 5.16. The monoisotopic (exact) mass is 305 g/mol. The zero-order valence-corrected chi connectivity index (χ0v) is 14.2. The van der Waals surface area contributed by atoms with Crippen LogP contribution in [0.2, 0.25) is 0 Å². The Hall–Kier alpha value is -0.570. The van der Waals surface area contributed by atoms with Crippen LogP contribution in [-0.4, -0.2) is 31.6 Å². The van der Waals surface area contributed by atoms with Gasteiger partial charge in [-0.15, -0.1) is 0 Å². The lowest BCUT2D eigenvalue weighted by Gasteiger charge is -2.56. The van der Waals surface area contributed by atoms with E-state index in [9.17, 15) is 4.79 Å². The van der Waals surface area contributed by atoms with Crippen LogP contribution in [0.5, 0.6) is 0 Å². The molecule has 0 spiro atoms. The molecule has 4 aliphatic carbocycles. The summed E-state index contributed by atoms with van der Waals surface area (Å²) >= 11 is 0. The number of quaternary nitrogens is 1. The van der Waals surface area contributed by atoms with Crippen molar-refractivity contribution in [3.63, 3.8) is 0 Å². The highest BCUT2D eigenvalue weighted by Crippen LogP contribution is 2.59. The summed E-state index contributed by atoms with van der Waals surface area (Å²) in [4.78, 5) is 13.9. The van der Waals surface area contributed by atoms with E-state index in [1.165, 1.54) is 69.2 Å². The van der Waals surface area contributed by atoms with Gasteiger partial charge in [0, 0.05) is 6.54 Å². The number of hydrogen-bond donors (Lipinski definition) is 2. The lowest BCUT2D eigenvalue weighted by molar-refractivity contribution is -0.921. The quantitative estimate of drug-likeness (QED) is 0.815. The number of carbonyl (C=O) groups excluding carboxylic acids is 1. The fourth-order valence-electron chi connectivity index (χ4n) is 6.58. The number of likely N-dealkylation sites (tertiary alicyclic amines) is 1. The van der Waals surface area contributed by atoms with Gasteiger partial charge >= 0.3 is 0 Å². The molecular formula is C19H33N2O+. The third kappa shape index (κ3) is 2.93. The summed E-state index contributed by atoms with van der Waals surface area (Å²) in [5.74, 6) is 3.25. The first kappa shape index (κ1) is 15.0. The Kier molecular flexibility index (Phi) is 3.96. The number of rotatable bonds is 4. The van der Waals surface area contributed by atoms with Crippen LogP contribution in [0.3, 0.4) is 0 Å². The second-order valence-electron chi connectivity index (χ2n) is 9.18. The SMILES string of the molecule is C[C@@H]1CCCC[NH+]1CC(=O)NCC12CC3CC(CC(C3)C1)C2. The van der Waals surface area contributed by atoms with Gasteiger partial charge in [0.1, 0.15) is 0 Å². The molecule has 5 fully saturated rings. The largest absolute Gasteiger partial charge is 0.351 e. The second kappa shape index (κ2) is 5.81. The number of amides is 1. The first-order chi connectivity index (χ1) is 10.6. The molecule has 1 saturated heterocycles. The molecule has 1 amide bonds. The lowest BCUT2D eigenvalue weighted by atomic mass is 9.49. The van der Waals surface area contributed by atoms with E-state index >= 15 is 0 Å². The normalized spacial score (nSPS) is 46.7. The molecule has 3 heteroatoms. The lowest BCUT2D eigenvalue weighted by Crippen LogP contribution is -3.17. The second-order valence-corrected chi connectivity index (χ2v) is 9.18. The Morgan fingerprint density at radius 3 is 2.32 bits per heavy atom. The van der Waals surface area contributed by atoms with Crippen molar-refractivity contribution in [2.24, 2.45) is 23.2 Å². The highest BCUT2D eigenvalue weighted by Gasteiger charge is 2.50. The molecule has 0 radical (unpaired) electrons. The van der Waals surface area contributed by atoms with Crippen molar-refractivity contribution in [1.29, 1.82) is 0 Å². The Balaban J connectivity index is 1.30. The van der Waals surface area contributed by atoms with Gasteiger partial charge < -0.3 is 10.2 Å². The molecule has 4 bridgehead atoms. The van der Waals surface area contributed by atoms with Crippen molar-refractivity contribution in [2.75, 3.05) is 19.6 Å². The van der Waals surface area contributed by atoms with E-state index in [0.29, 0.717) is 23.9 Å². The third-order valence-electron chi connectivity index (χ3n) is 7.30. The van der Waals surface area contributed by atoms with Crippen molar-refractivity contribution < 1.29 is 9.69 Å². The minimum Gasteiger partial charge on any atom is -0.351 e. The van der Waals surface area contributed by atoms with E-state index in [2.05, 4.69) is 12.2 Å². The molecule has 1 heterocycles. The summed E-state index contributed by atoms with van der Waals surface area (Å²) in [7, 11) is 0. The number of nitrogens with one attached hydrogen (secondary N) is 2. The van der Waals surface area contributed by atoms with E-state index in [4.69, 9.17) is 0 Å².